The highest BCUT2D eigenvalue weighted by molar-refractivity contribution is 9.11. The summed E-state index contributed by atoms with van der Waals surface area (Å²) < 4.78 is 33.9. The van der Waals surface area contributed by atoms with Crippen molar-refractivity contribution >= 4 is 64.4 Å². The fraction of sp³-hybridized carbons (Fsp3) is 0. The second-order valence-electron chi connectivity index (χ2n) is 4.78. The van der Waals surface area contributed by atoms with Crippen LogP contribution in [-0.4, -0.2) is 28.0 Å². The Labute approximate surface area is 158 Å². The third-order valence-electron chi connectivity index (χ3n) is 3.13. The summed E-state index contributed by atoms with van der Waals surface area (Å²) in [6.07, 6.45) is 2.88. The lowest BCUT2D eigenvalue weighted by Gasteiger charge is -2.07. The Morgan fingerprint density at radius 3 is 2.56 bits per heavy atom. The molecule has 2 aromatic heterocycles. The molecule has 3 aromatic rings. The zero-order valence-corrected chi connectivity index (χ0v) is 16.1. The number of fused-ring (bicyclic) bond motifs is 1. The number of phenols is 1. The topological polar surface area (TPSA) is 125 Å². The number of hydrogen-bond acceptors (Lipinski definition) is 7. The fourth-order valence-electron chi connectivity index (χ4n) is 2.06. The van der Waals surface area contributed by atoms with Crippen LogP contribution in [0.25, 0.3) is 10.9 Å². The Balaban J connectivity index is 2.19. The normalized spacial score (nSPS) is 12.1. The molecule has 0 aliphatic rings. The van der Waals surface area contributed by atoms with E-state index in [1.54, 1.807) is 6.07 Å². The molecule has 8 nitrogen and oxygen atoms in total. The molecule has 11 heteroatoms. The third-order valence-corrected chi connectivity index (χ3v) is 5.04. The Bertz CT molecular complexity index is 1120. The minimum atomic E-state index is -4.55. The minimum Gasteiger partial charge on any atom is -0.504 e. The first-order chi connectivity index (χ1) is 11.8. The van der Waals surface area contributed by atoms with Gasteiger partial charge in [0.25, 0.3) is 10.1 Å². The molecule has 0 aliphatic carbocycles. The minimum absolute atomic E-state index is 0.0191. The SMILES string of the molecule is O=S(=O)(O)c1cc(N=Nc2ncc(Br)cc2Br)c(O)c2ncccc12. The van der Waals surface area contributed by atoms with Crippen LogP contribution in [-0.2, 0) is 10.1 Å². The predicted octanol–water partition coefficient (Wildman–Crippen LogP) is 4.52. The molecule has 0 saturated carbocycles. The molecule has 0 bridgehead atoms. The molecule has 0 saturated heterocycles. The van der Waals surface area contributed by atoms with Crippen molar-refractivity contribution in [1.29, 1.82) is 0 Å². The number of rotatable bonds is 3. The van der Waals surface area contributed by atoms with Crippen molar-refractivity contribution in [3.8, 4) is 5.75 Å². The zero-order valence-electron chi connectivity index (χ0n) is 12.1. The quantitative estimate of drug-likeness (QED) is 0.413. The van der Waals surface area contributed by atoms with E-state index >= 15 is 0 Å². The molecular formula is C14H8Br2N4O4S. The van der Waals surface area contributed by atoms with Crippen LogP contribution in [0.3, 0.4) is 0 Å². The number of benzene rings is 1. The first kappa shape index (κ1) is 17.9. The molecule has 3 rings (SSSR count). The summed E-state index contributed by atoms with van der Waals surface area (Å²) in [4.78, 5) is 7.55. The van der Waals surface area contributed by atoms with Gasteiger partial charge in [0, 0.05) is 22.3 Å². The molecule has 2 N–H and O–H groups in total. The number of halogens is 2. The third kappa shape index (κ3) is 3.68. The van der Waals surface area contributed by atoms with Gasteiger partial charge in [-0.25, -0.2) is 4.98 Å². The molecule has 128 valence electrons. The second kappa shape index (κ2) is 6.75. The van der Waals surface area contributed by atoms with E-state index in [0.29, 0.717) is 4.47 Å². The molecular weight excluding hydrogens is 480 g/mol. The largest absolute Gasteiger partial charge is 0.504 e. The van der Waals surface area contributed by atoms with Gasteiger partial charge in [-0.05, 0) is 56.1 Å². The Morgan fingerprint density at radius 2 is 1.88 bits per heavy atom. The lowest BCUT2D eigenvalue weighted by atomic mass is 10.2. The maximum Gasteiger partial charge on any atom is 0.295 e. The van der Waals surface area contributed by atoms with Gasteiger partial charge >= 0.3 is 0 Å². The van der Waals surface area contributed by atoms with Crippen LogP contribution in [0.4, 0.5) is 11.5 Å². The van der Waals surface area contributed by atoms with E-state index in [4.69, 9.17) is 0 Å². The van der Waals surface area contributed by atoms with E-state index < -0.39 is 15.0 Å². The van der Waals surface area contributed by atoms with Gasteiger partial charge in [-0.2, -0.15) is 8.42 Å². The summed E-state index contributed by atoms with van der Waals surface area (Å²) in [6.45, 7) is 0. The number of phenolic OH excluding ortho intramolecular Hbond substituents is 1. The summed E-state index contributed by atoms with van der Waals surface area (Å²) >= 11 is 6.52. The predicted molar refractivity (Wildman–Crippen MR) is 97.0 cm³/mol. The first-order valence-electron chi connectivity index (χ1n) is 6.58. The van der Waals surface area contributed by atoms with E-state index in [2.05, 4.69) is 52.1 Å². The lowest BCUT2D eigenvalue weighted by molar-refractivity contribution is 0.479. The highest BCUT2D eigenvalue weighted by Gasteiger charge is 2.20. The van der Waals surface area contributed by atoms with E-state index in [1.807, 2.05) is 0 Å². The van der Waals surface area contributed by atoms with Crippen molar-refractivity contribution in [2.45, 2.75) is 4.90 Å². The van der Waals surface area contributed by atoms with Crippen LogP contribution >= 0.6 is 31.9 Å². The van der Waals surface area contributed by atoms with Gasteiger partial charge in [-0.15, -0.1) is 10.2 Å². The van der Waals surface area contributed by atoms with E-state index in [9.17, 15) is 18.1 Å². The molecule has 0 aliphatic heterocycles. The maximum absolute atomic E-state index is 11.6. The van der Waals surface area contributed by atoms with Crippen LogP contribution in [0.15, 0.2) is 60.7 Å². The molecule has 2 heterocycles. The number of pyridine rings is 2. The van der Waals surface area contributed by atoms with Gasteiger partial charge in [-0.3, -0.25) is 9.54 Å². The molecule has 0 fully saturated rings. The van der Waals surface area contributed by atoms with Crippen LogP contribution in [0.1, 0.15) is 0 Å². The van der Waals surface area contributed by atoms with E-state index in [-0.39, 0.29) is 28.2 Å². The summed E-state index contributed by atoms with van der Waals surface area (Å²) in [5.74, 6) is -0.142. The number of azo groups is 1. The standard InChI is InChI=1S/C14H8Br2N4O4S/c15-7-4-9(16)14(18-6-7)20-19-10-5-11(25(22,23)24)8-2-1-3-17-12(8)13(10)21/h1-6,21H,(H,22,23,24). The van der Waals surface area contributed by atoms with Gasteiger partial charge in [0.05, 0.1) is 4.47 Å². The van der Waals surface area contributed by atoms with Gasteiger partial charge in [-0.1, -0.05) is 0 Å². The summed E-state index contributed by atoms with van der Waals surface area (Å²) in [6, 6.07) is 5.62. The zero-order chi connectivity index (χ0) is 18.2. The molecule has 0 amide bonds. The molecule has 0 unspecified atom stereocenters. The van der Waals surface area contributed by atoms with Crippen LogP contribution in [0, 0.1) is 0 Å². The Morgan fingerprint density at radius 1 is 1.12 bits per heavy atom. The van der Waals surface area contributed by atoms with Crippen molar-refractivity contribution in [3.63, 3.8) is 0 Å². The van der Waals surface area contributed by atoms with Gasteiger partial charge in [0.2, 0.25) is 0 Å². The molecule has 1 aromatic carbocycles. The van der Waals surface area contributed by atoms with Crippen molar-refractivity contribution in [1.82, 2.24) is 9.97 Å². The molecule has 25 heavy (non-hydrogen) atoms. The number of aromatic nitrogens is 2. The van der Waals surface area contributed by atoms with Gasteiger partial charge in [0.15, 0.2) is 11.6 Å². The summed E-state index contributed by atoms with van der Waals surface area (Å²) in [5.41, 5.74) is -0.190. The van der Waals surface area contributed by atoms with Crippen LogP contribution in [0.2, 0.25) is 0 Å². The van der Waals surface area contributed by atoms with Gasteiger partial charge < -0.3 is 5.11 Å². The highest BCUT2D eigenvalue weighted by Crippen LogP contribution is 2.38. The summed E-state index contributed by atoms with van der Waals surface area (Å²) in [7, 11) is -4.55. The Kier molecular flexibility index (Phi) is 4.82. The number of hydrogen-bond donors (Lipinski definition) is 2. The molecule has 0 radical (unpaired) electrons. The average Bonchev–Trinajstić information content (AvgIpc) is 2.54. The maximum atomic E-state index is 11.6. The number of aromatic hydroxyl groups is 1. The second-order valence-corrected chi connectivity index (χ2v) is 7.94. The molecule has 0 spiro atoms. The van der Waals surface area contributed by atoms with Crippen molar-refractivity contribution in [3.05, 3.63) is 45.6 Å². The smallest absolute Gasteiger partial charge is 0.295 e. The van der Waals surface area contributed by atoms with E-state index in [1.165, 1.54) is 24.5 Å². The van der Waals surface area contributed by atoms with Crippen molar-refractivity contribution in [2.24, 2.45) is 10.2 Å². The molecule has 0 atom stereocenters. The first-order valence-corrected chi connectivity index (χ1v) is 9.61. The fourth-order valence-corrected chi connectivity index (χ4v) is 3.83. The number of nitrogens with zero attached hydrogens (tertiary/aromatic N) is 4. The van der Waals surface area contributed by atoms with Gasteiger partial charge in [0.1, 0.15) is 16.1 Å². The average molecular weight is 488 g/mol. The monoisotopic (exact) mass is 486 g/mol. The van der Waals surface area contributed by atoms with Crippen molar-refractivity contribution < 1.29 is 18.1 Å². The highest BCUT2D eigenvalue weighted by atomic mass is 79.9. The van der Waals surface area contributed by atoms with Crippen LogP contribution < -0.4 is 0 Å². The van der Waals surface area contributed by atoms with Crippen molar-refractivity contribution in [2.75, 3.05) is 0 Å². The van der Waals surface area contributed by atoms with Crippen LogP contribution in [0.5, 0.6) is 5.75 Å². The summed E-state index contributed by atoms with van der Waals surface area (Å²) in [5, 5.41) is 18.1. The lowest BCUT2D eigenvalue weighted by Crippen LogP contribution is -1.99. The van der Waals surface area contributed by atoms with E-state index in [0.717, 1.165) is 10.5 Å². The Hall–Kier alpha value is -1.95.